The van der Waals surface area contributed by atoms with Crippen LogP contribution in [0.25, 0.3) is 22.4 Å². The summed E-state index contributed by atoms with van der Waals surface area (Å²) in [5, 5.41) is 8.19. The van der Waals surface area contributed by atoms with Crippen molar-refractivity contribution in [2.75, 3.05) is 5.73 Å². The van der Waals surface area contributed by atoms with Crippen LogP contribution >= 0.6 is 0 Å². The zero-order chi connectivity index (χ0) is 17.3. The number of nitrogen functional groups attached to an aromatic ring is 1. The third kappa shape index (κ3) is 3.27. The maximum absolute atomic E-state index is 6.05. The predicted octanol–water partition coefficient (Wildman–Crippen LogP) is 4.39. The Morgan fingerprint density at radius 3 is 2.25 bits per heavy atom. The number of nitrogens with zero attached hydrogens (tertiary/aromatic N) is 3. The molecule has 4 nitrogen and oxygen atoms in total. The maximum Gasteiger partial charge on any atom is 0.132 e. The minimum absolute atomic E-state index is 0.139. The van der Waals surface area contributed by atoms with Crippen molar-refractivity contribution in [2.45, 2.75) is 33.1 Å². The van der Waals surface area contributed by atoms with Gasteiger partial charge in [0.15, 0.2) is 0 Å². The van der Waals surface area contributed by atoms with E-state index in [-0.39, 0.29) is 5.41 Å². The Kier molecular flexibility index (Phi) is 4.06. The highest BCUT2D eigenvalue weighted by Crippen LogP contribution is 2.30. The van der Waals surface area contributed by atoms with Crippen LogP contribution < -0.4 is 5.73 Å². The van der Waals surface area contributed by atoms with E-state index in [4.69, 9.17) is 5.73 Å². The van der Waals surface area contributed by atoms with Gasteiger partial charge in [-0.3, -0.25) is 0 Å². The monoisotopic (exact) mass is 318 g/mol. The van der Waals surface area contributed by atoms with Crippen LogP contribution in [0.2, 0.25) is 0 Å². The van der Waals surface area contributed by atoms with Gasteiger partial charge in [0.05, 0.1) is 11.9 Å². The average molecular weight is 318 g/mol. The first-order valence-corrected chi connectivity index (χ1v) is 8.01. The van der Waals surface area contributed by atoms with E-state index in [1.807, 2.05) is 19.1 Å². The molecular formula is C20H22N4. The summed E-state index contributed by atoms with van der Waals surface area (Å²) in [4.78, 5) is 4.34. The molecule has 1 aromatic carbocycles. The topological polar surface area (TPSA) is 64.7 Å². The Morgan fingerprint density at radius 2 is 1.62 bits per heavy atom. The third-order valence-corrected chi connectivity index (χ3v) is 4.07. The van der Waals surface area contributed by atoms with E-state index in [0.717, 1.165) is 27.9 Å². The second-order valence-electron chi connectivity index (χ2n) is 7.10. The molecule has 2 aromatic heterocycles. The molecule has 0 saturated carbocycles. The second-order valence-corrected chi connectivity index (χ2v) is 7.10. The van der Waals surface area contributed by atoms with Gasteiger partial charge in [-0.1, -0.05) is 45.0 Å². The van der Waals surface area contributed by atoms with E-state index in [1.54, 1.807) is 12.4 Å². The van der Waals surface area contributed by atoms with Gasteiger partial charge in [-0.05, 0) is 41.2 Å². The van der Waals surface area contributed by atoms with Crippen LogP contribution in [-0.4, -0.2) is 15.2 Å². The van der Waals surface area contributed by atoms with Crippen LogP contribution in [0.4, 0.5) is 5.82 Å². The van der Waals surface area contributed by atoms with Crippen LogP contribution in [-0.2, 0) is 5.41 Å². The summed E-state index contributed by atoms with van der Waals surface area (Å²) < 4.78 is 0. The molecule has 0 spiro atoms. The van der Waals surface area contributed by atoms with Gasteiger partial charge in [0.1, 0.15) is 5.82 Å². The number of benzene rings is 1. The van der Waals surface area contributed by atoms with E-state index >= 15 is 0 Å². The first-order valence-electron chi connectivity index (χ1n) is 8.01. The highest BCUT2D eigenvalue weighted by atomic mass is 15.1. The summed E-state index contributed by atoms with van der Waals surface area (Å²) in [6.07, 6.45) is 3.52. The smallest absolute Gasteiger partial charge is 0.132 e. The molecule has 0 aliphatic heterocycles. The molecule has 0 saturated heterocycles. The largest absolute Gasteiger partial charge is 0.383 e. The molecule has 0 bridgehead atoms. The van der Waals surface area contributed by atoms with Crippen molar-refractivity contribution in [1.29, 1.82) is 0 Å². The van der Waals surface area contributed by atoms with Crippen molar-refractivity contribution in [3.05, 3.63) is 59.9 Å². The molecule has 3 aromatic rings. The van der Waals surface area contributed by atoms with Gasteiger partial charge < -0.3 is 5.73 Å². The van der Waals surface area contributed by atoms with Crippen molar-refractivity contribution in [2.24, 2.45) is 0 Å². The summed E-state index contributed by atoms with van der Waals surface area (Å²) in [7, 11) is 0. The summed E-state index contributed by atoms with van der Waals surface area (Å²) in [6, 6.07) is 12.6. The van der Waals surface area contributed by atoms with Gasteiger partial charge in [-0.25, -0.2) is 4.98 Å². The van der Waals surface area contributed by atoms with Crippen LogP contribution in [0.5, 0.6) is 0 Å². The van der Waals surface area contributed by atoms with Gasteiger partial charge in [-0.2, -0.15) is 10.2 Å². The molecule has 2 N–H and O–H groups in total. The predicted molar refractivity (Wildman–Crippen MR) is 98.5 cm³/mol. The van der Waals surface area contributed by atoms with Gasteiger partial charge >= 0.3 is 0 Å². The normalized spacial score (nSPS) is 11.5. The lowest BCUT2D eigenvalue weighted by molar-refractivity contribution is 0.590. The summed E-state index contributed by atoms with van der Waals surface area (Å²) in [6.45, 7) is 8.61. The van der Waals surface area contributed by atoms with E-state index in [9.17, 15) is 0 Å². The zero-order valence-electron chi connectivity index (χ0n) is 14.5. The fraction of sp³-hybridized carbons (Fsp3) is 0.250. The van der Waals surface area contributed by atoms with E-state index in [0.29, 0.717) is 5.82 Å². The second kappa shape index (κ2) is 6.04. The molecule has 0 aliphatic carbocycles. The number of anilines is 1. The van der Waals surface area contributed by atoms with Crippen molar-refractivity contribution in [1.82, 2.24) is 15.2 Å². The van der Waals surface area contributed by atoms with Gasteiger partial charge in [0.25, 0.3) is 0 Å². The molecule has 0 amide bonds. The highest BCUT2D eigenvalue weighted by Gasteiger charge is 2.14. The zero-order valence-corrected chi connectivity index (χ0v) is 14.5. The lowest BCUT2D eigenvalue weighted by Crippen LogP contribution is -2.10. The number of aryl methyl sites for hydroxylation is 1. The van der Waals surface area contributed by atoms with Crippen molar-refractivity contribution in [3.63, 3.8) is 0 Å². The van der Waals surface area contributed by atoms with E-state index < -0.39 is 0 Å². The molecule has 0 radical (unpaired) electrons. The highest BCUT2D eigenvalue weighted by molar-refractivity contribution is 5.77. The molecule has 122 valence electrons. The number of rotatable bonds is 2. The van der Waals surface area contributed by atoms with Gasteiger partial charge in [0.2, 0.25) is 0 Å². The SMILES string of the molecule is Cc1cnnc(-c2cc(-c3ccc(C(C)(C)C)cc3)cnc2N)c1. The van der Waals surface area contributed by atoms with E-state index in [2.05, 4.69) is 60.2 Å². The fourth-order valence-electron chi connectivity index (χ4n) is 2.60. The van der Waals surface area contributed by atoms with Crippen LogP contribution in [0.1, 0.15) is 31.9 Å². The Labute approximate surface area is 142 Å². The lowest BCUT2D eigenvalue weighted by Gasteiger charge is -2.19. The quantitative estimate of drug-likeness (QED) is 0.761. The molecule has 0 fully saturated rings. The Bertz CT molecular complexity index is 862. The number of aromatic nitrogens is 3. The molecular weight excluding hydrogens is 296 g/mol. The van der Waals surface area contributed by atoms with Gasteiger partial charge in [-0.15, -0.1) is 0 Å². The number of pyridine rings is 1. The van der Waals surface area contributed by atoms with Crippen molar-refractivity contribution in [3.8, 4) is 22.4 Å². The Morgan fingerprint density at radius 1 is 0.917 bits per heavy atom. The number of hydrogen-bond acceptors (Lipinski definition) is 4. The molecule has 4 heteroatoms. The van der Waals surface area contributed by atoms with Crippen molar-refractivity contribution < 1.29 is 0 Å². The third-order valence-electron chi connectivity index (χ3n) is 4.07. The van der Waals surface area contributed by atoms with E-state index in [1.165, 1.54) is 5.56 Å². The maximum atomic E-state index is 6.05. The number of hydrogen-bond donors (Lipinski definition) is 1. The molecule has 0 aliphatic rings. The van der Waals surface area contributed by atoms with Crippen LogP contribution in [0.3, 0.4) is 0 Å². The molecule has 24 heavy (non-hydrogen) atoms. The fourth-order valence-corrected chi connectivity index (χ4v) is 2.60. The summed E-state index contributed by atoms with van der Waals surface area (Å²) in [5.41, 5.74) is 12.2. The molecule has 3 rings (SSSR count). The van der Waals surface area contributed by atoms with Crippen LogP contribution in [0.15, 0.2) is 48.8 Å². The molecule has 0 unspecified atom stereocenters. The number of nitrogens with two attached hydrogens (primary N) is 1. The summed E-state index contributed by atoms with van der Waals surface area (Å²) in [5.74, 6) is 0.463. The Balaban J connectivity index is 2.03. The summed E-state index contributed by atoms with van der Waals surface area (Å²) >= 11 is 0. The Hall–Kier alpha value is -2.75. The lowest BCUT2D eigenvalue weighted by atomic mass is 9.86. The first kappa shape index (κ1) is 16.1. The average Bonchev–Trinajstić information content (AvgIpc) is 2.54. The van der Waals surface area contributed by atoms with Crippen molar-refractivity contribution >= 4 is 5.82 Å². The van der Waals surface area contributed by atoms with Gasteiger partial charge in [0, 0.05) is 17.3 Å². The minimum atomic E-state index is 0.139. The first-order chi connectivity index (χ1) is 11.3. The minimum Gasteiger partial charge on any atom is -0.383 e. The molecule has 2 heterocycles. The van der Waals surface area contributed by atoms with Crippen LogP contribution in [0, 0.1) is 6.92 Å². The molecule has 0 atom stereocenters. The standard InChI is InChI=1S/C20H22N4/c1-13-9-18(24-23-11-13)17-10-15(12-22-19(17)21)14-5-7-16(8-6-14)20(2,3)4/h5-12H,1-4H3,(H2,21,22).